The van der Waals surface area contributed by atoms with Crippen molar-refractivity contribution in [3.05, 3.63) is 101 Å². The summed E-state index contributed by atoms with van der Waals surface area (Å²) >= 11 is 1.35. The highest BCUT2D eigenvalue weighted by atomic mass is 32.2. The topological polar surface area (TPSA) is 108 Å². The lowest BCUT2D eigenvalue weighted by Crippen LogP contribution is -2.47. The van der Waals surface area contributed by atoms with Gasteiger partial charge in [0.05, 0.1) is 43.2 Å². The van der Waals surface area contributed by atoms with Crippen LogP contribution in [-0.2, 0) is 31.1 Å². The van der Waals surface area contributed by atoms with Gasteiger partial charge in [0.15, 0.2) is 11.9 Å². The fourth-order valence-electron chi connectivity index (χ4n) is 4.54. The third kappa shape index (κ3) is 9.20. The monoisotopic (exact) mass is 642 g/mol. The molecule has 0 saturated carbocycles. The molecule has 1 saturated heterocycles. The second-order valence-electron chi connectivity index (χ2n) is 10.7. The Hall–Kier alpha value is -4.12. The van der Waals surface area contributed by atoms with Crippen LogP contribution in [0.5, 0.6) is 0 Å². The Kier molecular flexibility index (Phi) is 11.8. The van der Waals surface area contributed by atoms with Crippen molar-refractivity contribution in [2.24, 2.45) is 5.92 Å². The highest BCUT2D eigenvalue weighted by Crippen LogP contribution is 2.42. The zero-order valence-corrected chi connectivity index (χ0v) is 25.8. The Morgan fingerprint density at radius 3 is 2.58 bits per heavy atom. The van der Waals surface area contributed by atoms with Crippen molar-refractivity contribution in [3.63, 3.8) is 0 Å². The van der Waals surface area contributed by atoms with Crippen molar-refractivity contribution in [2.45, 2.75) is 49.7 Å². The summed E-state index contributed by atoms with van der Waals surface area (Å²) in [5.74, 6) is -2.15. The predicted molar refractivity (Wildman–Crippen MR) is 161 cm³/mol. The lowest BCUT2D eigenvalue weighted by atomic mass is 9.89. The Balaban J connectivity index is 1.48. The minimum absolute atomic E-state index is 0.0304. The van der Waals surface area contributed by atoms with E-state index in [4.69, 9.17) is 24.2 Å². The van der Waals surface area contributed by atoms with E-state index in [1.54, 1.807) is 31.2 Å². The van der Waals surface area contributed by atoms with E-state index < -0.39 is 40.7 Å². The van der Waals surface area contributed by atoms with E-state index in [1.807, 2.05) is 19.9 Å². The Labute approximate surface area is 263 Å². The molecule has 4 rings (SSSR count). The van der Waals surface area contributed by atoms with Gasteiger partial charge in [-0.05, 0) is 43.2 Å². The van der Waals surface area contributed by atoms with Crippen LogP contribution in [0.4, 0.5) is 18.0 Å². The molecule has 0 radical (unpaired) electrons. The summed E-state index contributed by atoms with van der Waals surface area (Å²) in [5, 5.41) is 12.1. The summed E-state index contributed by atoms with van der Waals surface area (Å²) in [6, 6.07) is 9.19. The molecule has 1 aliphatic heterocycles. The molecule has 0 unspecified atom stereocenters. The maximum atomic E-state index is 15.4. The molecule has 0 amide bonds. The van der Waals surface area contributed by atoms with E-state index in [0.717, 1.165) is 12.1 Å². The molecule has 9 nitrogen and oxygen atoms in total. The van der Waals surface area contributed by atoms with E-state index in [-0.39, 0.29) is 48.7 Å². The molecule has 13 heteroatoms. The number of carbonyl (C=O) groups is 1. The number of halogens is 3. The van der Waals surface area contributed by atoms with Gasteiger partial charge >= 0.3 is 6.16 Å². The SMILES string of the molecule is CC(C)COC(=O)O[C@@](Cn1cncn1)(c1ccc(F)cc1F)[C@@H](C)SC1COC(/C=C/C=C/c2ccc(C#N)cc2F)OC1. The number of hydrogen-bond donors (Lipinski definition) is 0. The van der Waals surface area contributed by atoms with Crippen LogP contribution in [-0.4, -0.2) is 57.5 Å². The van der Waals surface area contributed by atoms with Gasteiger partial charge in [-0.3, -0.25) is 0 Å². The molecule has 0 aliphatic carbocycles. The van der Waals surface area contributed by atoms with Crippen LogP contribution in [0.2, 0.25) is 0 Å². The van der Waals surface area contributed by atoms with Crippen molar-refractivity contribution in [2.75, 3.05) is 19.8 Å². The van der Waals surface area contributed by atoms with Gasteiger partial charge in [0.25, 0.3) is 0 Å². The molecule has 0 spiro atoms. The van der Waals surface area contributed by atoms with Crippen LogP contribution in [0.1, 0.15) is 37.5 Å². The molecule has 2 heterocycles. The van der Waals surface area contributed by atoms with Gasteiger partial charge < -0.3 is 18.9 Å². The molecule has 2 atom stereocenters. The summed E-state index contributed by atoms with van der Waals surface area (Å²) in [6.45, 7) is 5.95. The first kappa shape index (κ1) is 33.8. The summed E-state index contributed by atoms with van der Waals surface area (Å²) in [4.78, 5) is 16.9. The molecule has 45 heavy (non-hydrogen) atoms. The maximum Gasteiger partial charge on any atom is 0.509 e. The molecule has 3 aromatic rings. The molecule has 0 bridgehead atoms. The fourth-order valence-corrected chi connectivity index (χ4v) is 5.90. The normalized spacial score (nSPS) is 19.0. The lowest BCUT2D eigenvalue weighted by molar-refractivity contribution is -0.146. The van der Waals surface area contributed by atoms with E-state index in [9.17, 15) is 13.6 Å². The lowest BCUT2D eigenvalue weighted by Gasteiger charge is -2.40. The zero-order chi connectivity index (χ0) is 32.4. The van der Waals surface area contributed by atoms with E-state index in [1.165, 1.54) is 53.4 Å². The number of nitrogens with zero attached hydrogens (tertiary/aromatic N) is 4. The largest absolute Gasteiger partial charge is 0.509 e. The Morgan fingerprint density at radius 2 is 1.93 bits per heavy atom. The quantitative estimate of drug-likeness (QED) is 0.164. The molecule has 2 aromatic carbocycles. The smallest absolute Gasteiger partial charge is 0.434 e. The van der Waals surface area contributed by atoms with Crippen LogP contribution >= 0.6 is 11.8 Å². The average Bonchev–Trinajstić information content (AvgIpc) is 3.52. The molecule has 1 aromatic heterocycles. The van der Waals surface area contributed by atoms with Crippen LogP contribution in [0.15, 0.2) is 67.3 Å². The number of allylic oxidation sites excluding steroid dienone is 2. The highest BCUT2D eigenvalue weighted by molar-refractivity contribution is 8.00. The molecule has 238 valence electrons. The first-order valence-electron chi connectivity index (χ1n) is 14.2. The predicted octanol–water partition coefficient (Wildman–Crippen LogP) is 6.40. The van der Waals surface area contributed by atoms with Gasteiger partial charge in [-0.2, -0.15) is 10.4 Å². The second kappa shape index (κ2) is 15.7. The van der Waals surface area contributed by atoms with Gasteiger partial charge in [-0.1, -0.05) is 38.1 Å². The average molecular weight is 643 g/mol. The molecular formula is C32H33F3N4O5S. The fraction of sp³-hybridized carbons (Fsp3) is 0.375. The molecular weight excluding hydrogens is 609 g/mol. The first-order chi connectivity index (χ1) is 21.6. The Morgan fingerprint density at radius 1 is 1.16 bits per heavy atom. The number of ether oxygens (including phenoxy) is 4. The van der Waals surface area contributed by atoms with E-state index in [0.29, 0.717) is 5.56 Å². The number of nitriles is 1. The van der Waals surface area contributed by atoms with Crippen molar-refractivity contribution < 1.29 is 36.9 Å². The van der Waals surface area contributed by atoms with Crippen molar-refractivity contribution >= 4 is 24.0 Å². The van der Waals surface area contributed by atoms with Gasteiger partial charge in [-0.15, -0.1) is 11.8 Å². The van der Waals surface area contributed by atoms with Crippen molar-refractivity contribution in [3.8, 4) is 6.07 Å². The van der Waals surface area contributed by atoms with Crippen molar-refractivity contribution in [1.29, 1.82) is 5.26 Å². The van der Waals surface area contributed by atoms with Crippen LogP contribution in [0, 0.1) is 34.7 Å². The third-order valence-electron chi connectivity index (χ3n) is 6.78. The molecule has 1 fully saturated rings. The van der Waals surface area contributed by atoms with Gasteiger partial charge in [0.2, 0.25) is 0 Å². The standard InChI is InChI=1S/C32H33F3N4O5S/c1-21(2)15-43-31(40)44-32(18-39-20-37-19-38-39,27-11-10-25(33)13-29(27)35)22(3)45-26-16-41-30(42-17-26)7-5-4-6-24-9-8-23(14-36)12-28(24)34/h4-13,19-22,26,30H,15-18H2,1-3H3/b6-4+,7-5+/t22-,26?,30?,32-/m1/s1. The summed E-state index contributed by atoms with van der Waals surface area (Å²) in [5.41, 5.74) is -1.17. The molecule has 1 aliphatic rings. The minimum atomic E-state index is -1.69. The number of rotatable bonds is 12. The van der Waals surface area contributed by atoms with Gasteiger partial charge in [-0.25, -0.2) is 27.6 Å². The Bertz CT molecular complexity index is 1540. The summed E-state index contributed by atoms with van der Waals surface area (Å²) in [7, 11) is 0. The maximum absolute atomic E-state index is 15.4. The van der Waals surface area contributed by atoms with Crippen LogP contribution < -0.4 is 0 Å². The summed E-state index contributed by atoms with van der Waals surface area (Å²) in [6.07, 6.45) is 7.56. The highest BCUT2D eigenvalue weighted by Gasteiger charge is 2.47. The van der Waals surface area contributed by atoms with Gasteiger partial charge in [0.1, 0.15) is 30.1 Å². The van der Waals surface area contributed by atoms with Crippen LogP contribution in [0.3, 0.4) is 0 Å². The third-order valence-corrected chi connectivity index (χ3v) is 8.23. The van der Waals surface area contributed by atoms with Gasteiger partial charge in [0, 0.05) is 22.4 Å². The number of thioether (sulfide) groups is 1. The minimum Gasteiger partial charge on any atom is -0.434 e. The second-order valence-corrected chi connectivity index (χ2v) is 12.3. The number of benzene rings is 2. The van der Waals surface area contributed by atoms with Crippen LogP contribution in [0.25, 0.3) is 6.08 Å². The number of carbonyl (C=O) groups excluding carboxylic acids is 1. The first-order valence-corrected chi connectivity index (χ1v) is 15.1. The van der Waals surface area contributed by atoms with E-state index >= 15 is 4.39 Å². The number of hydrogen-bond acceptors (Lipinski definition) is 9. The zero-order valence-electron chi connectivity index (χ0n) is 24.9. The summed E-state index contributed by atoms with van der Waals surface area (Å²) < 4.78 is 67.8. The number of aromatic nitrogens is 3. The molecule has 0 N–H and O–H groups in total. The van der Waals surface area contributed by atoms with Crippen molar-refractivity contribution in [1.82, 2.24) is 14.8 Å². The van der Waals surface area contributed by atoms with E-state index in [2.05, 4.69) is 10.1 Å².